The van der Waals surface area contributed by atoms with Gasteiger partial charge in [-0.15, -0.1) is 0 Å². The summed E-state index contributed by atoms with van der Waals surface area (Å²) in [5.74, 6) is 1.64. The molecule has 0 spiro atoms. The van der Waals surface area contributed by atoms with Crippen LogP contribution in [0.25, 0.3) is 0 Å². The third kappa shape index (κ3) is 4.85. The van der Waals surface area contributed by atoms with Crippen LogP contribution in [0.15, 0.2) is 42.5 Å². The highest BCUT2D eigenvalue weighted by Crippen LogP contribution is 2.28. The van der Waals surface area contributed by atoms with Gasteiger partial charge < -0.3 is 9.47 Å². The Kier molecular flexibility index (Phi) is 6.21. The number of hydrogen-bond donors (Lipinski definition) is 0. The summed E-state index contributed by atoms with van der Waals surface area (Å²) in [7, 11) is 1.63. The Balaban J connectivity index is 2.02. The fourth-order valence-corrected chi connectivity index (χ4v) is 2.34. The van der Waals surface area contributed by atoms with Gasteiger partial charge in [0.05, 0.1) is 13.7 Å². The first-order chi connectivity index (χ1) is 11.1. The molecule has 23 heavy (non-hydrogen) atoms. The summed E-state index contributed by atoms with van der Waals surface area (Å²) >= 11 is 0. The topological polar surface area (TPSA) is 35.5 Å². The van der Waals surface area contributed by atoms with E-state index >= 15 is 0 Å². The second kappa shape index (κ2) is 8.37. The zero-order valence-electron chi connectivity index (χ0n) is 14.1. The Morgan fingerprint density at radius 1 is 1.04 bits per heavy atom. The molecular formula is C20H24O3. The lowest BCUT2D eigenvalue weighted by atomic mass is 10.0. The van der Waals surface area contributed by atoms with Crippen molar-refractivity contribution in [1.82, 2.24) is 0 Å². The molecule has 2 aromatic rings. The number of methoxy groups -OCH3 is 1. The standard InChI is InChI=1S/C20H24O3/c1-4-13-23-20-14-16(8-12-19(20)22-3)7-11-18(21)17-9-5-15(2)6-10-17/h5-6,8-10,12,14H,4,7,11,13H2,1-3H3. The maximum atomic E-state index is 12.3. The van der Waals surface area contributed by atoms with E-state index in [1.807, 2.05) is 49.4 Å². The molecule has 0 atom stereocenters. The zero-order valence-corrected chi connectivity index (χ0v) is 14.1. The monoisotopic (exact) mass is 312 g/mol. The van der Waals surface area contributed by atoms with Crippen molar-refractivity contribution in [1.29, 1.82) is 0 Å². The summed E-state index contributed by atoms with van der Waals surface area (Å²) in [6.45, 7) is 4.74. The third-order valence-corrected chi connectivity index (χ3v) is 3.70. The number of ether oxygens (including phenoxy) is 2. The van der Waals surface area contributed by atoms with E-state index in [0.29, 0.717) is 19.4 Å². The highest BCUT2D eigenvalue weighted by atomic mass is 16.5. The zero-order chi connectivity index (χ0) is 16.7. The Morgan fingerprint density at radius 3 is 2.43 bits per heavy atom. The lowest BCUT2D eigenvalue weighted by Crippen LogP contribution is -2.02. The molecule has 0 heterocycles. The van der Waals surface area contributed by atoms with E-state index in [-0.39, 0.29) is 5.78 Å². The van der Waals surface area contributed by atoms with Crippen LogP contribution < -0.4 is 9.47 Å². The van der Waals surface area contributed by atoms with Crippen LogP contribution in [0.1, 0.15) is 41.3 Å². The molecule has 122 valence electrons. The molecule has 3 nitrogen and oxygen atoms in total. The molecule has 3 heteroatoms. The van der Waals surface area contributed by atoms with Gasteiger partial charge in [-0.25, -0.2) is 0 Å². The van der Waals surface area contributed by atoms with E-state index in [1.54, 1.807) is 7.11 Å². The van der Waals surface area contributed by atoms with Gasteiger partial charge >= 0.3 is 0 Å². The molecule has 0 saturated carbocycles. The first-order valence-corrected chi connectivity index (χ1v) is 8.03. The number of benzene rings is 2. The second-order valence-corrected chi connectivity index (χ2v) is 5.62. The van der Waals surface area contributed by atoms with Gasteiger partial charge in [0.1, 0.15) is 0 Å². The van der Waals surface area contributed by atoms with Crippen LogP contribution in [0.3, 0.4) is 0 Å². The number of ketones is 1. The van der Waals surface area contributed by atoms with Crippen molar-refractivity contribution in [2.45, 2.75) is 33.1 Å². The molecule has 0 aromatic heterocycles. The van der Waals surface area contributed by atoms with Crippen molar-refractivity contribution < 1.29 is 14.3 Å². The first kappa shape index (κ1) is 17.1. The van der Waals surface area contributed by atoms with Crippen molar-refractivity contribution in [3.63, 3.8) is 0 Å². The summed E-state index contributed by atoms with van der Waals surface area (Å²) in [6.07, 6.45) is 2.13. The number of rotatable bonds is 8. The van der Waals surface area contributed by atoms with Crippen LogP contribution in [-0.4, -0.2) is 19.5 Å². The van der Waals surface area contributed by atoms with E-state index in [0.717, 1.165) is 34.6 Å². The van der Waals surface area contributed by atoms with E-state index in [4.69, 9.17) is 9.47 Å². The van der Waals surface area contributed by atoms with E-state index in [9.17, 15) is 4.79 Å². The van der Waals surface area contributed by atoms with Gasteiger partial charge in [-0.3, -0.25) is 4.79 Å². The van der Waals surface area contributed by atoms with Crippen molar-refractivity contribution in [3.05, 3.63) is 59.2 Å². The molecule has 0 bridgehead atoms. The third-order valence-electron chi connectivity index (χ3n) is 3.70. The van der Waals surface area contributed by atoms with E-state index in [1.165, 1.54) is 0 Å². The fourth-order valence-electron chi connectivity index (χ4n) is 2.34. The van der Waals surface area contributed by atoms with Gasteiger partial charge in [0.25, 0.3) is 0 Å². The minimum absolute atomic E-state index is 0.164. The van der Waals surface area contributed by atoms with Gasteiger partial charge in [-0.05, 0) is 37.5 Å². The highest BCUT2D eigenvalue weighted by Gasteiger charge is 2.09. The van der Waals surface area contributed by atoms with Crippen LogP contribution >= 0.6 is 0 Å². The fraction of sp³-hybridized carbons (Fsp3) is 0.350. The maximum Gasteiger partial charge on any atom is 0.163 e. The first-order valence-electron chi connectivity index (χ1n) is 8.03. The van der Waals surface area contributed by atoms with Crippen molar-refractivity contribution >= 4 is 5.78 Å². The Hall–Kier alpha value is -2.29. The summed E-state index contributed by atoms with van der Waals surface area (Å²) in [5.41, 5.74) is 3.01. The molecule has 0 radical (unpaired) electrons. The molecule has 0 aliphatic heterocycles. The summed E-state index contributed by atoms with van der Waals surface area (Å²) in [5, 5.41) is 0. The maximum absolute atomic E-state index is 12.3. The molecule has 0 aliphatic rings. The minimum Gasteiger partial charge on any atom is -0.493 e. The minimum atomic E-state index is 0.164. The van der Waals surface area contributed by atoms with Crippen LogP contribution in [0, 0.1) is 6.92 Å². The summed E-state index contributed by atoms with van der Waals surface area (Å²) in [6, 6.07) is 13.6. The van der Waals surface area contributed by atoms with Crippen molar-refractivity contribution in [3.8, 4) is 11.5 Å². The highest BCUT2D eigenvalue weighted by molar-refractivity contribution is 5.96. The number of Topliss-reactive ketones (excluding diaryl/α,β-unsaturated/α-hetero) is 1. The smallest absolute Gasteiger partial charge is 0.163 e. The quantitative estimate of drug-likeness (QED) is 0.668. The van der Waals surface area contributed by atoms with Gasteiger partial charge in [-0.2, -0.15) is 0 Å². The van der Waals surface area contributed by atoms with E-state index < -0.39 is 0 Å². The molecule has 0 unspecified atom stereocenters. The summed E-state index contributed by atoms with van der Waals surface area (Å²) < 4.78 is 11.0. The lowest BCUT2D eigenvalue weighted by molar-refractivity contribution is 0.0983. The van der Waals surface area contributed by atoms with Crippen LogP contribution in [-0.2, 0) is 6.42 Å². The predicted molar refractivity (Wildman–Crippen MR) is 92.6 cm³/mol. The van der Waals surface area contributed by atoms with E-state index in [2.05, 4.69) is 6.92 Å². The molecule has 0 fully saturated rings. The molecule has 2 rings (SSSR count). The van der Waals surface area contributed by atoms with Crippen molar-refractivity contribution in [2.75, 3.05) is 13.7 Å². The average Bonchev–Trinajstić information content (AvgIpc) is 2.58. The Bertz CT molecular complexity index is 644. The van der Waals surface area contributed by atoms with Crippen LogP contribution in [0.4, 0.5) is 0 Å². The number of aryl methyl sites for hydroxylation is 2. The van der Waals surface area contributed by atoms with Gasteiger partial charge in [0.15, 0.2) is 17.3 Å². The number of hydrogen-bond acceptors (Lipinski definition) is 3. The molecule has 0 aliphatic carbocycles. The van der Waals surface area contributed by atoms with Gasteiger partial charge in [-0.1, -0.05) is 42.8 Å². The van der Waals surface area contributed by atoms with Gasteiger partial charge in [0, 0.05) is 12.0 Å². The predicted octanol–water partition coefficient (Wildman–Crippen LogP) is 4.61. The lowest BCUT2D eigenvalue weighted by Gasteiger charge is -2.11. The molecule has 0 amide bonds. The molecule has 0 saturated heterocycles. The molecular weight excluding hydrogens is 288 g/mol. The Morgan fingerprint density at radius 2 is 1.78 bits per heavy atom. The number of carbonyl (C=O) groups is 1. The average molecular weight is 312 g/mol. The SMILES string of the molecule is CCCOc1cc(CCC(=O)c2ccc(C)cc2)ccc1OC. The molecule has 2 aromatic carbocycles. The largest absolute Gasteiger partial charge is 0.493 e. The normalized spacial score (nSPS) is 10.4. The summed E-state index contributed by atoms with van der Waals surface area (Å²) in [4.78, 5) is 12.3. The van der Waals surface area contributed by atoms with Crippen LogP contribution in [0.2, 0.25) is 0 Å². The molecule has 0 N–H and O–H groups in total. The van der Waals surface area contributed by atoms with Crippen molar-refractivity contribution in [2.24, 2.45) is 0 Å². The van der Waals surface area contributed by atoms with Gasteiger partial charge in [0.2, 0.25) is 0 Å². The van der Waals surface area contributed by atoms with Crippen LogP contribution in [0.5, 0.6) is 11.5 Å². The Labute approximate surface area is 138 Å². The number of carbonyl (C=O) groups excluding carboxylic acids is 1. The second-order valence-electron chi connectivity index (χ2n) is 5.62.